The van der Waals surface area contributed by atoms with E-state index in [0.29, 0.717) is 22.4 Å². The van der Waals surface area contributed by atoms with Crippen LogP contribution in [0.5, 0.6) is 11.6 Å². The third-order valence-electron chi connectivity index (χ3n) is 6.91. The van der Waals surface area contributed by atoms with E-state index in [2.05, 4.69) is 5.10 Å². The first-order chi connectivity index (χ1) is 21.2. The molecule has 0 radical (unpaired) electrons. The molecule has 5 rings (SSSR count). The van der Waals surface area contributed by atoms with Crippen molar-refractivity contribution in [3.05, 3.63) is 113 Å². The summed E-state index contributed by atoms with van der Waals surface area (Å²) in [4.78, 5) is 25.3. The van der Waals surface area contributed by atoms with E-state index in [1.54, 1.807) is 84.9 Å². The predicted molar refractivity (Wildman–Crippen MR) is 150 cm³/mol. The van der Waals surface area contributed by atoms with Gasteiger partial charge < -0.3 is 23.7 Å². The maximum atomic E-state index is 13.9. The Morgan fingerprint density at radius 2 is 1.55 bits per heavy atom. The second kappa shape index (κ2) is 13.6. The van der Waals surface area contributed by atoms with Crippen molar-refractivity contribution in [3.63, 3.8) is 0 Å². The van der Waals surface area contributed by atoms with Crippen molar-refractivity contribution < 1.29 is 46.4 Å². The van der Waals surface area contributed by atoms with Crippen LogP contribution in [0.1, 0.15) is 50.4 Å². The zero-order chi connectivity index (χ0) is 31.1. The van der Waals surface area contributed by atoms with Crippen LogP contribution in [0.2, 0.25) is 0 Å². The molecule has 9 nitrogen and oxygen atoms in total. The fraction of sp³-hybridized carbons (Fsp3) is 0.281. The third-order valence-corrected chi connectivity index (χ3v) is 6.91. The molecule has 3 aromatic carbocycles. The summed E-state index contributed by atoms with van der Waals surface area (Å²) in [5, 5.41) is 5.86. The number of hydrogen-bond acceptors (Lipinski definition) is 8. The number of methoxy groups -OCH3 is 1. The van der Waals surface area contributed by atoms with Crippen molar-refractivity contribution in [2.75, 3.05) is 13.7 Å². The molecule has 1 aromatic heterocycles. The number of aromatic amines is 1. The van der Waals surface area contributed by atoms with Crippen LogP contribution in [0.4, 0.5) is 13.2 Å². The van der Waals surface area contributed by atoms with Gasteiger partial charge in [0.05, 0.1) is 29.9 Å². The summed E-state index contributed by atoms with van der Waals surface area (Å²) >= 11 is 0. The van der Waals surface area contributed by atoms with E-state index in [1.807, 2.05) is 5.10 Å². The molecule has 0 saturated carbocycles. The molecule has 230 valence electrons. The summed E-state index contributed by atoms with van der Waals surface area (Å²) in [6.45, 7) is -0.208. The highest BCUT2D eigenvalue weighted by Gasteiger charge is 2.40. The number of hydrogen-bond donors (Lipinski definition) is 1. The molecule has 1 aliphatic heterocycles. The Balaban J connectivity index is 1.35. The number of H-pyrrole nitrogens is 1. The topological polar surface area (TPSA) is 109 Å². The molecule has 3 unspecified atom stereocenters. The molecule has 0 amide bonds. The smallest absolute Gasteiger partial charge is 0.433 e. The Morgan fingerprint density at radius 3 is 2.16 bits per heavy atom. The lowest BCUT2D eigenvalue weighted by Gasteiger charge is -2.34. The second-order valence-corrected chi connectivity index (χ2v) is 10.0. The maximum Gasteiger partial charge on any atom is 0.433 e. The standard InChI is InChI=1S/C32H29F3N2O7/c1-40-23-14-12-20(13-15-23)16-26-28(32(33,34)35)36-37-29(26)44-27-18-24(43-31(39)22-10-6-3-7-11-22)17-25(42-27)19-41-30(38)21-8-4-2-5-9-21/h2-15,24-25,27H,16-19H2,1H3,(H,36,37). The van der Waals surface area contributed by atoms with Crippen molar-refractivity contribution >= 4 is 11.9 Å². The van der Waals surface area contributed by atoms with Gasteiger partial charge in [0.1, 0.15) is 24.2 Å². The van der Waals surface area contributed by atoms with Gasteiger partial charge in [-0.25, -0.2) is 9.59 Å². The summed E-state index contributed by atoms with van der Waals surface area (Å²) in [6.07, 6.45) is -7.44. The number of alkyl halides is 3. The SMILES string of the molecule is COc1ccc(Cc2c(OC3CC(OC(=O)c4ccccc4)CC(COC(=O)c4ccccc4)O3)n[nH]c2C(F)(F)F)cc1. The Bertz CT molecular complexity index is 1540. The van der Waals surface area contributed by atoms with Gasteiger partial charge in [-0.1, -0.05) is 48.5 Å². The number of rotatable bonds is 10. The fourth-order valence-electron chi connectivity index (χ4n) is 4.75. The van der Waals surface area contributed by atoms with Crippen molar-refractivity contribution in [3.8, 4) is 11.6 Å². The number of nitrogens with zero attached hydrogens (tertiary/aromatic N) is 1. The summed E-state index contributed by atoms with van der Waals surface area (Å²) in [5.41, 5.74) is -0.0521. The van der Waals surface area contributed by atoms with Crippen LogP contribution in [0.15, 0.2) is 84.9 Å². The predicted octanol–water partition coefficient (Wildman–Crippen LogP) is 5.99. The number of aromatic nitrogens is 2. The van der Waals surface area contributed by atoms with E-state index in [9.17, 15) is 22.8 Å². The summed E-state index contributed by atoms with van der Waals surface area (Å²) in [6, 6.07) is 23.3. The Morgan fingerprint density at radius 1 is 0.909 bits per heavy atom. The van der Waals surface area contributed by atoms with Gasteiger partial charge in [-0.05, 0) is 42.0 Å². The zero-order valence-corrected chi connectivity index (χ0v) is 23.6. The highest BCUT2D eigenvalue weighted by molar-refractivity contribution is 5.89. The molecule has 1 N–H and O–H groups in total. The van der Waals surface area contributed by atoms with Gasteiger partial charge in [-0.2, -0.15) is 13.2 Å². The van der Waals surface area contributed by atoms with Crippen LogP contribution in [0, 0.1) is 0 Å². The quantitative estimate of drug-likeness (QED) is 0.218. The number of halogens is 3. The molecule has 44 heavy (non-hydrogen) atoms. The van der Waals surface area contributed by atoms with E-state index in [0.717, 1.165) is 0 Å². The molecule has 4 aromatic rings. The summed E-state index contributed by atoms with van der Waals surface area (Å²) in [5.74, 6) is -0.929. The van der Waals surface area contributed by atoms with Crippen LogP contribution in [0.3, 0.4) is 0 Å². The molecule has 12 heteroatoms. The van der Waals surface area contributed by atoms with Gasteiger partial charge >= 0.3 is 18.1 Å². The average molecular weight is 611 g/mol. The molecule has 0 aliphatic carbocycles. The lowest BCUT2D eigenvalue weighted by Crippen LogP contribution is -2.43. The summed E-state index contributed by atoms with van der Waals surface area (Å²) in [7, 11) is 1.49. The number of ether oxygens (including phenoxy) is 5. The highest BCUT2D eigenvalue weighted by atomic mass is 19.4. The van der Waals surface area contributed by atoms with Gasteiger partial charge in [-0.3, -0.25) is 5.10 Å². The largest absolute Gasteiger partial charge is 0.497 e. The van der Waals surface area contributed by atoms with Gasteiger partial charge in [0.15, 0.2) is 0 Å². The molecule has 1 saturated heterocycles. The zero-order valence-electron chi connectivity index (χ0n) is 23.6. The molecule has 1 fully saturated rings. The maximum absolute atomic E-state index is 13.9. The van der Waals surface area contributed by atoms with Crippen LogP contribution in [0.25, 0.3) is 0 Å². The van der Waals surface area contributed by atoms with Crippen molar-refractivity contribution in [1.29, 1.82) is 0 Å². The van der Waals surface area contributed by atoms with Crippen molar-refractivity contribution in [2.45, 2.75) is 43.9 Å². The normalized spacial score (nSPS) is 18.3. The second-order valence-electron chi connectivity index (χ2n) is 10.0. The molecule has 2 heterocycles. The first kappa shape index (κ1) is 30.6. The van der Waals surface area contributed by atoms with Crippen LogP contribution in [-0.2, 0) is 26.8 Å². The van der Waals surface area contributed by atoms with Gasteiger partial charge in [0.2, 0.25) is 12.2 Å². The minimum Gasteiger partial charge on any atom is -0.497 e. The number of carbonyl (C=O) groups is 2. The molecule has 0 bridgehead atoms. The molecule has 1 aliphatic rings. The fourth-order valence-corrected chi connectivity index (χ4v) is 4.75. The molecular weight excluding hydrogens is 581 g/mol. The van der Waals surface area contributed by atoms with Gasteiger partial charge in [0, 0.05) is 19.3 Å². The van der Waals surface area contributed by atoms with Crippen molar-refractivity contribution in [1.82, 2.24) is 10.2 Å². The lowest BCUT2D eigenvalue weighted by atomic mass is 10.0. The minimum absolute atomic E-state index is 0.00209. The Hall–Kier alpha value is -4.84. The van der Waals surface area contributed by atoms with E-state index >= 15 is 0 Å². The van der Waals surface area contributed by atoms with E-state index in [1.165, 1.54) is 7.11 Å². The van der Waals surface area contributed by atoms with E-state index in [4.69, 9.17) is 23.7 Å². The Labute approximate surface area is 250 Å². The third kappa shape index (κ3) is 7.75. The monoisotopic (exact) mass is 610 g/mol. The van der Waals surface area contributed by atoms with Gasteiger partial charge in [-0.15, -0.1) is 5.10 Å². The first-order valence-corrected chi connectivity index (χ1v) is 13.8. The molecule has 0 spiro atoms. The molecule has 3 atom stereocenters. The minimum atomic E-state index is -4.73. The van der Waals surface area contributed by atoms with Crippen LogP contribution >= 0.6 is 0 Å². The highest BCUT2D eigenvalue weighted by Crippen LogP contribution is 2.37. The molecular formula is C32H29F3N2O7. The van der Waals surface area contributed by atoms with Gasteiger partial charge in [0.25, 0.3) is 0 Å². The van der Waals surface area contributed by atoms with Crippen molar-refractivity contribution in [2.24, 2.45) is 0 Å². The number of esters is 2. The van der Waals surface area contributed by atoms with Crippen LogP contribution in [-0.4, -0.2) is 54.4 Å². The van der Waals surface area contributed by atoms with E-state index < -0.39 is 42.3 Å². The Kier molecular flexibility index (Phi) is 9.49. The number of carbonyl (C=O) groups excluding carboxylic acids is 2. The first-order valence-electron chi connectivity index (χ1n) is 13.8. The average Bonchev–Trinajstić information content (AvgIpc) is 3.43. The van der Waals surface area contributed by atoms with E-state index in [-0.39, 0.29) is 37.3 Å². The number of nitrogens with one attached hydrogen (secondary N) is 1. The number of benzene rings is 3. The van der Waals surface area contributed by atoms with Crippen LogP contribution < -0.4 is 9.47 Å². The lowest BCUT2D eigenvalue weighted by molar-refractivity contribution is -0.186. The summed E-state index contributed by atoms with van der Waals surface area (Å²) < 4.78 is 69.9.